The zero-order valence-electron chi connectivity index (χ0n) is 15.5. The van der Waals surface area contributed by atoms with Crippen molar-refractivity contribution in [2.45, 2.75) is 38.6 Å². The molecule has 0 bridgehead atoms. The van der Waals surface area contributed by atoms with Gasteiger partial charge in [0, 0.05) is 39.3 Å². The van der Waals surface area contributed by atoms with E-state index in [1.54, 1.807) is 19.2 Å². The van der Waals surface area contributed by atoms with Crippen molar-refractivity contribution < 1.29 is 4.39 Å². The number of hydrogen-bond acceptors (Lipinski definition) is 2. The minimum Gasteiger partial charge on any atom is -0.356 e. The fraction of sp³-hybridized carbons (Fsp3) is 0.550. The van der Waals surface area contributed by atoms with E-state index in [1.165, 1.54) is 11.6 Å². The fourth-order valence-corrected chi connectivity index (χ4v) is 3.20. The molecule has 0 unspecified atom stereocenters. The van der Waals surface area contributed by atoms with Crippen molar-refractivity contribution in [1.29, 1.82) is 0 Å². The lowest BCUT2D eigenvalue weighted by Gasteiger charge is -2.33. The van der Waals surface area contributed by atoms with Crippen LogP contribution in [0.5, 0.6) is 0 Å². The van der Waals surface area contributed by atoms with Crippen LogP contribution in [-0.2, 0) is 6.42 Å². The molecule has 1 heterocycles. The third kappa shape index (κ3) is 7.26. The predicted molar refractivity (Wildman–Crippen MR) is 103 cm³/mol. The summed E-state index contributed by atoms with van der Waals surface area (Å²) in [6.07, 6.45) is 4.05. The summed E-state index contributed by atoms with van der Waals surface area (Å²) >= 11 is 0. The molecule has 0 aromatic heterocycles. The van der Waals surface area contributed by atoms with Gasteiger partial charge in [-0.2, -0.15) is 0 Å². The quantitative estimate of drug-likeness (QED) is 0.345. The Kier molecular flexibility index (Phi) is 7.92. The average Bonchev–Trinajstić information content (AvgIpc) is 2.59. The summed E-state index contributed by atoms with van der Waals surface area (Å²) in [6, 6.07) is 7.28. The summed E-state index contributed by atoms with van der Waals surface area (Å²) in [4.78, 5) is 6.77. The molecule has 5 heteroatoms. The number of nitrogens with zero attached hydrogens (tertiary/aromatic N) is 2. The molecule has 2 rings (SSSR count). The molecule has 1 aromatic carbocycles. The van der Waals surface area contributed by atoms with Gasteiger partial charge in [0.25, 0.3) is 0 Å². The zero-order chi connectivity index (χ0) is 18.1. The van der Waals surface area contributed by atoms with Gasteiger partial charge in [-0.15, -0.1) is 0 Å². The molecule has 1 aliphatic heterocycles. The summed E-state index contributed by atoms with van der Waals surface area (Å²) in [7, 11) is 1.80. The van der Waals surface area contributed by atoms with E-state index in [-0.39, 0.29) is 5.82 Å². The molecule has 0 saturated carbocycles. The van der Waals surface area contributed by atoms with Crippen LogP contribution in [-0.4, -0.2) is 50.1 Å². The Labute approximate surface area is 151 Å². The normalized spacial score (nSPS) is 16.7. The standard InChI is InChI=1S/C20H31FN4/c1-16(2)15-25-12-9-19(10-13-25)24-20(22-3)23-11-5-7-17-6-4-8-18(21)14-17/h4,6,8,14,19H,1,5,7,9-13,15H2,2-3H3,(H2,22,23,24). The Balaban J connectivity index is 1.65. The van der Waals surface area contributed by atoms with Crippen molar-refractivity contribution in [3.8, 4) is 0 Å². The Bertz CT molecular complexity index is 577. The maximum absolute atomic E-state index is 13.2. The van der Waals surface area contributed by atoms with E-state index in [4.69, 9.17) is 0 Å². The minimum atomic E-state index is -0.166. The van der Waals surface area contributed by atoms with E-state index in [2.05, 4.69) is 34.0 Å². The third-order valence-electron chi connectivity index (χ3n) is 4.47. The second kappa shape index (κ2) is 10.2. The highest BCUT2D eigenvalue weighted by molar-refractivity contribution is 5.79. The van der Waals surface area contributed by atoms with Gasteiger partial charge in [0.2, 0.25) is 0 Å². The average molecular weight is 346 g/mol. The number of hydrogen-bond donors (Lipinski definition) is 2. The van der Waals surface area contributed by atoms with Gasteiger partial charge in [-0.05, 0) is 50.3 Å². The number of rotatable bonds is 7. The lowest BCUT2D eigenvalue weighted by molar-refractivity contribution is 0.221. The number of aryl methyl sites for hydroxylation is 1. The summed E-state index contributed by atoms with van der Waals surface area (Å²) < 4.78 is 13.2. The van der Waals surface area contributed by atoms with E-state index >= 15 is 0 Å². The van der Waals surface area contributed by atoms with Crippen LogP contribution in [0.4, 0.5) is 4.39 Å². The van der Waals surface area contributed by atoms with Gasteiger partial charge in [0.15, 0.2) is 5.96 Å². The number of nitrogens with one attached hydrogen (secondary N) is 2. The van der Waals surface area contributed by atoms with E-state index in [0.717, 1.165) is 63.4 Å². The molecular weight excluding hydrogens is 315 g/mol. The predicted octanol–water partition coefficient (Wildman–Crippen LogP) is 2.96. The maximum Gasteiger partial charge on any atom is 0.191 e. The molecule has 4 nitrogen and oxygen atoms in total. The zero-order valence-corrected chi connectivity index (χ0v) is 15.5. The number of likely N-dealkylation sites (tertiary alicyclic amines) is 1. The van der Waals surface area contributed by atoms with Crippen molar-refractivity contribution in [3.63, 3.8) is 0 Å². The topological polar surface area (TPSA) is 39.7 Å². The van der Waals surface area contributed by atoms with Crippen LogP contribution < -0.4 is 10.6 Å². The molecule has 0 aliphatic carbocycles. The molecule has 138 valence electrons. The molecule has 1 aliphatic rings. The van der Waals surface area contributed by atoms with E-state index in [9.17, 15) is 4.39 Å². The van der Waals surface area contributed by atoms with Crippen molar-refractivity contribution in [1.82, 2.24) is 15.5 Å². The first-order valence-electron chi connectivity index (χ1n) is 9.15. The highest BCUT2D eigenvalue weighted by Crippen LogP contribution is 2.11. The second-order valence-electron chi connectivity index (χ2n) is 6.88. The minimum absolute atomic E-state index is 0.166. The third-order valence-corrected chi connectivity index (χ3v) is 4.47. The van der Waals surface area contributed by atoms with Crippen molar-refractivity contribution in [3.05, 3.63) is 47.8 Å². The van der Waals surface area contributed by atoms with Crippen LogP contribution in [0.15, 0.2) is 41.4 Å². The largest absolute Gasteiger partial charge is 0.356 e. The first-order valence-corrected chi connectivity index (χ1v) is 9.15. The summed E-state index contributed by atoms with van der Waals surface area (Å²) in [6.45, 7) is 10.1. The highest BCUT2D eigenvalue weighted by Gasteiger charge is 2.19. The lowest BCUT2D eigenvalue weighted by atomic mass is 10.0. The second-order valence-corrected chi connectivity index (χ2v) is 6.88. The molecule has 1 saturated heterocycles. The Hall–Kier alpha value is -1.88. The highest BCUT2D eigenvalue weighted by atomic mass is 19.1. The van der Waals surface area contributed by atoms with Gasteiger partial charge >= 0.3 is 0 Å². The molecule has 0 radical (unpaired) electrons. The SMILES string of the molecule is C=C(C)CN1CCC(NC(=NC)NCCCc2cccc(F)c2)CC1. The van der Waals surface area contributed by atoms with Crippen LogP contribution in [0, 0.1) is 5.82 Å². The van der Waals surface area contributed by atoms with Crippen LogP contribution >= 0.6 is 0 Å². The number of piperidine rings is 1. The molecule has 25 heavy (non-hydrogen) atoms. The van der Waals surface area contributed by atoms with Crippen LogP contribution in [0.2, 0.25) is 0 Å². The Morgan fingerprint density at radius 1 is 1.36 bits per heavy atom. The molecule has 0 atom stereocenters. The number of benzene rings is 1. The number of halogens is 1. The first kappa shape index (κ1) is 19.4. The molecule has 0 spiro atoms. The first-order chi connectivity index (χ1) is 12.1. The molecule has 0 amide bonds. The van der Waals surface area contributed by atoms with Gasteiger partial charge in [0.05, 0.1) is 0 Å². The fourth-order valence-electron chi connectivity index (χ4n) is 3.20. The van der Waals surface area contributed by atoms with E-state index < -0.39 is 0 Å². The number of guanidine groups is 1. The molecular formula is C20H31FN4. The van der Waals surface area contributed by atoms with E-state index in [0.29, 0.717) is 6.04 Å². The van der Waals surface area contributed by atoms with Crippen molar-refractivity contribution in [2.24, 2.45) is 4.99 Å². The van der Waals surface area contributed by atoms with Crippen LogP contribution in [0.1, 0.15) is 31.7 Å². The van der Waals surface area contributed by atoms with Gasteiger partial charge in [0.1, 0.15) is 5.82 Å². The summed E-state index contributed by atoms with van der Waals surface area (Å²) in [5.41, 5.74) is 2.26. The van der Waals surface area contributed by atoms with Gasteiger partial charge in [-0.25, -0.2) is 4.39 Å². The van der Waals surface area contributed by atoms with Gasteiger partial charge < -0.3 is 10.6 Å². The van der Waals surface area contributed by atoms with Gasteiger partial charge in [-0.3, -0.25) is 9.89 Å². The smallest absolute Gasteiger partial charge is 0.191 e. The summed E-state index contributed by atoms with van der Waals surface area (Å²) in [5.74, 6) is 0.693. The van der Waals surface area contributed by atoms with Crippen molar-refractivity contribution >= 4 is 5.96 Å². The monoisotopic (exact) mass is 346 g/mol. The van der Waals surface area contributed by atoms with Gasteiger partial charge in [-0.1, -0.05) is 24.3 Å². The lowest BCUT2D eigenvalue weighted by Crippen LogP contribution is -2.49. The van der Waals surface area contributed by atoms with Crippen LogP contribution in [0.3, 0.4) is 0 Å². The molecule has 1 aromatic rings. The Morgan fingerprint density at radius 3 is 2.76 bits per heavy atom. The summed E-state index contributed by atoms with van der Waals surface area (Å²) in [5, 5.41) is 6.88. The van der Waals surface area contributed by atoms with Crippen LogP contribution in [0.25, 0.3) is 0 Å². The maximum atomic E-state index is 13.2. The Morgan fingerprint density at radius 2 is 2.12 bits per heavy atom. The number of aliphatic imine (C=N–C) groups is 1. The van der Waals surface area contributed by atoms with Crippen molar-refractivity contribution in [2.75, 3.05) is 33.2 Å². The molecule has 1 fully saturated rings. The molecule has 2 N–H and O–H groups in total. The van der Waals surface area contributed by atoms with E-state index in [1.807, 2.05) is 6.07 Å².